The maximum Gasteiger partial charge on any atom is 0.252 e. The van der Waals surface area contributed by atoms with Crippen molar-refractivity contribution in [3.8, 4) is 11.1 Å². The fourth-order valence-electron chi connectivity index (χ4n) is 2.97. The smallest absolute Gasteiger partial charge is 0.252 e. The van der Waals surface area contributed by atoms with Crippen molar-refractivity contribution in [3.05, 3.63) is 68.4 Å². The molecule has 2 N–H and O–H groups in total. The van der Waals surface area contributed by atoms with Gasteiger partial charge in [0, 0.05) is 32.1 Å². The molecule has 3 nitrogen and oxygen atoms in total. The summed E-state index contributed by atoms with van der Waals surface area (Å²) < 4.78 is 0. The fraction of sp³-hybridized carbons (Fsp3) is 0.0556. The molecule has 0 saturated heterocycles. The molecule has 0 aliphatic carbocycles. The zero-order valence-corrected chi connectivity index (χ0v) is 13.7. The highest BCUT2D eigenvalue weighted by atomic mass is 35.5. The molecule has 4 aromatic rings. The van der Waals surface area contributed by atoms with Crippen molar-refractivity contribution in [3.63, 3.8) is 0 Å². The maximum atomic E-state index is 12.4. The zero-order valence-electron chi connectivity index (χ0n) is 12.2. The van der Waals surface area contributed by atoms with E-state index in [1.165, 1.54) is 0 Å². The number of aromatic nitrogens is 2. The summed E-state index contributed by atoms with van der Waals surface area (Å²) in [7, 11) is 0. The van der Waals surface area contributed by atoms with E-state index in [9.17, 15) is 4.79 Å². The molecule has 0 atom stereocenters. The maximum absolute atomic E-state index is 12.4. The molecule has 0 spiro atoms. The Hall–Kier alpha value is -2.23. The van der Waals surface area contributed by atoms with Crippen LogP contribution >= 0.6 is 23.2 Å². The number of benzene rings is 2. The van der Waals surface area contributed by atoms with E-state index < -0.39 is 0 Å². The van der Waals surface area contributed by atoms with Crippen molar-refractivity contribution in [1.29, 1.82) is 0 Å². The van der Waals surface area contributed by atoms with Crippen LogP contribution in [0.15, 0.2) is 47.3 Å². The summed E-state index contributed by atoms with van der Waals surface area (Å²) in [5.41, 5.74) is 4.97. The first kappa shape index (κ1) is 14.4. The number of hydrogen-bond donors (Lipinski definition) is 2. The van der Waals surface area contributed by atoms with E-state index in [4.69, 9.17) is 23.2 Å². The van der Waals surface area contributed by atoms with Crippen molar-refractivity contribution >= 4 is 45.1 Å². The lowest BCUT2D eigenvalue weighted by Crippen LogP contribution is -2.10. The Balaban J connectivity index is 2.18. The van der Waals surface area contributed by atoms with Crippen molar-refractivity contribution in [2.45, 2.75) is 6.92 Å². The van der Waals surface area contributed by atoms with Gasteiger partial charge < -0.3 is 9.97 Å². The van der Waals surface area contributed by atoms with E-state index >= 15 is 0 Å². The standard InChI is InChI=1S/C18H12Cl2N2O/c1-9-15(10-2-4-11(19)5-3-10)17-16(22-18(9)23)13-8-12(20)6-7-14(13)21-17/h2-8,21H,1H3,(H,22,23). The molecule has 0 aliphatic heterocycles. The number of halogens is 2. The lowest BCUT2D eigenvalue weighted by atomic mass is 10.0. The number of nitrogens with one attached hydrogen (secondary N) is 2. The Morgan fingerprint density at radius 3 is 2.30 bits per heavy atom. The molecule has 0 unspecified atom stereocenters. The van der Waals surface area contributed by atoms with Gasteiger partial charge in [0.15, 0.2) is 0 Å². The van der Waals surface area contributed by atoms with Crippen LogP contribution in [0.4, 0.5) is 0 Å². The SMILES string of the molecule is Cc1c(-c2ccc(Cl)cc2)c2[nH]c3ccc(Cl)cc3c2[nH]c1=O. The lowest BCUT2D eigenvalue weighted by Gasteiger charge is -2.07. The summed E-state index contributed by atoms with van der Waals surface area (Å²) in [6.45, 7) is 1.82. The van der Waals surface area contributed by atoms with Crippen LogP contribution in [0, 0.1) is 6.92 Å². The second-order valence-corrected chi connectivity index (χ2v) is 6.40. The van der Waals surface area contributed by atoms with E-state index in [0.717, 1.165) is 33.1 Å². The molecule has 2 heterocycles. The molecule has 114 valence electrons. The minimum atomic E-state index is -0.108. The third-order valence-electron chi connectivity index (χ3n) is 4.10. The summed E-state index contributed by atoms with van der Waals surface area (Å²) >= 11 is 12.1. The Morgan fingerprint density at radius 1 is 0.870 bits per heavy atom. The first-order chi connectivity index (χ1) is 11.0. The Morgan fingerprint density at radius 2 is 1.57 bits per heavy atom. The van der Waals surface area contributed by atoms with Crippen molar-refractivity contribution in [1.82, 2.24) is 9.97 Å². The van der Waals surface area contributed by atoms with Gasteiger partial charge in [0.1, 0.15) is 0 Å². The third kappa shape index (κ3) is 2.24. The van der Waals surface area contributed by atoms with Crippen LogP contribution in [0.3, 0.4) is 0 Å². The van der Waals surface area contributed by atoms with Crippen molar-refractivity contribution in [2.75, 3.05) is 0 Å². The largest absolute Gasteiger partial charge is 0.353 e. The predicted molar refractivity (Wildman–Crippen MR) is 96.6 cm³/mol. The van der Waals surface area contributed by atoms with Gasteiger partial charge >= 0.3 is 0 Å². The number of rotatable bonds is 1. The predicted octanol–water partition coefficient (Wildman–Crippen LogP) is 5.29. The minimum Gasteiger partial charge on any atom is -0.353 e. The third-order valence-corrected chi connectivity index (χ3v) is 4.58. The fourth-order valence-corrected chi connectivity index (χ4v) is 3.27. The average Bonchev–Trinajstić information content (AvgIpc) is 2.87. The molecule has 0 saturated carbocycles. The molecule has 0 bridgehead atoms. The Labute approximate surface area is 141 Å². The first-order valence-corrected chi connectivity index (χ1v) is 7.90. The van der Waals surface area contributed by atoms with E-state index in [1.807, 2.05) is 49.4 Å². The van der Waals surface area contributed by atoms with Crippen LogP contribution in [0.1, 0.15) is 5.56 Å². The Kier molecular flexibility index (Phi) is 3.22. The molecule has 0 fully saturated rings. The summed E-state index contributed by atoms with van der Waals surface area (Å²) in [5, 5.41) is 2.20. The normalized spacial score (nSPS) is 11.4. The molecule has 0 aliphatic rings. The summed E-state index contributed by atoms with van der Waals surface area (Å²) in [6.07, 6.45) is 0. The number of hydrogen-bond acceptors (Lipinski definition) is 1. The van der Waals surface area contributed by atoms with E-state index in [0.29, 0.717) is 15.6 Å². The van der Waals surface area contributed by atoms with Crippen LogP contribution in [0.25, 0.3) is 33.1 Å². The Bertz CT molecular complexity index is 1110. The number of pyridine rings is 1. The van der Waals surface area contributed by atoms with Gasteiger partial charge in [0.25, 0.3) is 5.56 Å². The van der Waals surface area contributed by atoms with Gasteiger partial charge in [0.2, 0.25) is 0 Å². The van der Waals surface area contributed by atoms with Gasteiger partial charge in [-0.2, -0.15) is 0 Å². The molecule has 2 aromatic heterocycles. The topological polar surface area (TPSA) is 48.6 Å². The molecule has 4 rings (SSSR count). The van der Waals surface area contributed by atoms with E-state index in [1.54, 1.807) is 0 Å². The highest BCUT2D eigenvalue weighted by Gasteiger charge is 2.15. The van der Waals surface area contributed by atoms with Crippen molar-refractivity contribution in [2.24, 2.45) is 0 Å². The minimum absolute atomic E-state index is 0.108. The summed E-state index contributed by atoms with van der Waals surface area (Å²) in [4.78, 5) is 18.7. The van der Waals surface area contributed by atoms with Gasteiger partial charge in [-0.3, -0.25) is 4.79 Å². The van der Waals surface area contributed by atoms with Crippen LogP contribution in [0.2, 0.25) is 10.0 Å². The van der Waals surface area contributed by atoms with E-state index in [-0.39, 0.29) is 5.56 Å². The summed E-state index contributed by atoms with van der Waals surface area (Å²) in [5.74, 6) is 0. The van der Waals surface area contributed by atoms with Crippen LogP contribution < -0.4 is 5.56 Å². The van der Waals surface area contributed by atoms with Gasteiger partial charge in [-0.25, -0.2) is 0 Å². The molecule has 0 radical (unpaired) electrons. The molecular weight excluding hydrogens is 331 g/mol. The highest BCUT2D eigenvalue weighted by Crippen LogP contribution is 2.34. The van der Waals surface area contributed by atoms with Crippen LogP contribution in [-0.4, -0.2) is 9.97 Å². The number of aromatic amines is 2. The average molecular weight is 343 g/mol. The van der Waals surface area contributed by atoms with E-state index in [2.05, 4.69) is 9.97 Å². The molecular formula is C18H12Cl2N2O. The zero-order chi connectivity index (χ0) is 16.1. The number of fused-ring (bicyclic) bond motifs is 3. The second-order valence-electron chi connectivity index (χ2n) is 5.53. The van der Waals surface area contributed by atoms with Crippen LogP contribution in [-0.2, 0) is 0 Å². The molecule has 5 heteroatoms. The van der Waals surface area contributed by atoms with Crippen LogP contribution in [0.5, 0.6) is 0 Å². The molecule has 2 aromatic carbocycles. The second kappa shape index (κ2) is 5.15. The number of H-pyrrole nitrogens is 2. The molecule has 23 heavy (non-hydrogen) atoms. The first-order valence-electron chi connectivity index (χ1n) is 7.14. The van der Waals surface area contributed by atoms with Gasteiger partial charge in [-0.1, -0.05) is 35.3 Å². The van der Waals surface area contributed by atoms with Crippen molar-refractivity contribution < 1.29 is 0 Å². The monoisotopic (exact) mass is 342 g/mol. The van der Waals surface area contributed by atoms with Gasteiger partial charge in [-0.15, -0.1) is 0 Å². The van der Waals surface area contributed by atoms with Gasteiger partial charge in [-0.05, 0) is 42.8 Å². The summed E-state index contributed by atoms with van der Waals surface area (Å²) in [6, 6.07) is 13.1. The molecule has 0 amide bonds. The quantitative estimate of drug-likeness (QED) is 0.485. The lowest BCUT2D eigenvalue weighted by molar-refractivity contribution is 1.24. The highest BCUT2D eigenvalue weighted by molar-refractivity contribution is 6.32. The van der Waals surface area contributed by atoms with Gasteiger partial charge in [0.05, 0.1) is 11.0 Å².